The first kappa shape index (κ1) is 14.1. The van der Waals surface area contributed by atoms with Gasteiger partial charge < -0.3 is 16.4 Å². The van der Waals surface area contributed by atoms with Crippen LogP contribution in [0.2, 0.25) is 5.02 Å². The van der Waals surface area contributed by atoms with E-state index in [9.17, 15) is 9.18 Å². The Morgan fingerprint density at radius 2 is 1.95 bits per heavy atom. The number of hydrogen-bond donors (Lipinski definition) is 3. The third-order valence-corrected chi connectivity index (χ3v) is 2.95. The van der Waals surface area contributed by atoms with Gasteiger partial charge in [0.1, 0.15) is 5.82 Å². The predicted octanol–water partition coefficient (Wildman–Crippen LogP) is 3.16. The predicted molar refractivity (Wildman–Crippen MR) is 78.9 cm³/mol. The molecular weight excluding hydrogens is 281 g/mol. The van der Waals surface area contributed by atoms with E-state index in [1.165, 1.54) is 19.2 Å². The van der Waals surface area contributed by atoms with Crippen LogP contribution in [0.3, 0.4) is 0 Å². The highest BCUT2D eigenvalue weighted by Gasteiger charge is 2.12. The average molecular weight is 294 g/mol. The fourth-order valence-electron chi connectivity index (χ4n) is 1.73. The largest absolute Gasteiger partial charge is 0.399 e. The van der Waals surface area contributed by atoms with Crippen molar-refractivity contribution in [2.45, 2.75) is 0 Å². The number of nitrogens with two attached hydrogens (primary N) is 1. The lowest BCUT2D eigenvalue weighted by molar-refractivity contribution is 0.0964. The Morgan fingerprint density at radius 1 is 1.20 bits per heavy atom. The number of anilines is 3. The van der Waals surface area contributed by atoms with E-state index in [1.807, 2.05) is 0 Å². The van der Waals surface area contributed by atoms with Gasteiger partial charge in [0, 0.05) is 17.8 Å². The van der Waals surface area contributed by atoms with E-state index < -0.39 is 5.82 Å². The van der Waals surface area contributed by atoms with Crippen molar-refractivity contribution in [1.29, 1.82) is 0 Å². The first-order valence-corrected chi connectivity index (χ1v) is 6.22. The van der Waals surface area contributed by atoms with Crippen molar-refractivity contribution < 1.29 is 9.18 Å². The Kier molecular flexibility index (Phi) is 4.10. The van der Waals surface area contributed by atoms with Gasteiger partial charge in [-0.1, -0.05) is 11.6 Å². The molecule has 0 radical (unpaired) electrons. The summed E-state index contributed by atoms with van der Waals surface area (Å²) in [6.45, 7) is 0. The normalized spacial score (nSPS) is 10.2. The van der Waals surface area contributed by atoms with E-state index in [0.717, 1.165) is 0 Å². The van der Waals surface area contributed by atoms with Crippen LogP contribution in [0.4, 0.5) is 21.5 Å². The van der Waals surface area contributed by atoms with Crippen LogP contribution in [0.5, 0.6) is 0 Å². The smallest absolute Gasteiger partial charge is 0.253 e. The molecule has 0 saturated carbocycles. The van der Waals surface area contributed by atoms with Crippen LogP contribution < -0.4 is 16.4 Å². The second-order valence-corrected chi connectivity index (χ2v) is 4.57. The van der Waals surface area contributed by atoms with Crippen LogP contribution in [0.25, 0.3) is 0 Å². The maximum atomic E-state index is 13.8. The first-order valence-electron chi connectivity index (χ1n) is 5.85. The van der Waals surface area contributed by atoms with Crippen LogP contribution in [0, 0.1) is 5.82 Å². The maximum Gasteiger partial charge on any atom is 0.253 e. The van der Waals surface area contributed by atoms with E-state index in [4.69, 9.17) is 17.3 Å². The number of rotatable bonds is 3. The van der Waals surface area contributed by atoms with Crippen LogP contribution in [0.1, 0.15) is 10.4 Å². The zero-order valence-electron chi connectivity index (χ0n) is 10.7. The van der Waals surface area contributed by atoms with E-state index in [1.54, 1.807) is 24.3 Å². The number of carbonyl (C=O) groups excluding carboxylic acids is 1. The summed E-state index contributed by atoms with van der Waals surface area (Å²) in [5, 5.41) is 5.66. The molecule has 0 aliphatic carbocycles. The lowest BCUT2D eigenvalue weighted by Gasteiger charge is -2.13. The van der Waals surface area contributed by atoms with Crippen LogP contribution in [-0.2, 0) is 0 Å². The Bertz CT molecular complexity index is 661. The second kappa shape index (κ2) is 5.79. The van der Waals surface area contributed by atoms with Crippen LogP contribution >= 0.6 is 11.6 Å². The van der Waals surface area contributed by atoms with Crippen molar-refractivity contribution in [1.82, 2.24) is 5.32 Å². The first-order chi connectivity index (χ1) is 9.51. The van der Waals surface area contributed by atoms with Gasteiger partial charge >= 0.3 is 0 Å². The molecule has 0 bridgehead atoms. The molecule has 4 N–H and O–H groups in total. The Balaban J connectivity index is 2.41. The lowest BCUT2D eigenvalue weighted by atomic mass is 10.1. The standard InChI is InChI=1S/C14H13ClFN3O/c1-18-14(20)10-4-3-9(17)7-13(10)19-12-5-2-8(15)6-11(12)16/h2-7,19H,17H2,1H3,(H,18,20). The molecule has 0 fully saturated rings. The third-order valence-electron chi connectivity index (χ3n) is 2.72. The molecule has 1 amide bonds. The van der Waals surface area contributed by atoms with Gasteiger partial charge in [-0.15, -0.1) is 0 Å². The number of hydrogen-bond acceptors (Lipinski definition) is 3. The molecular formula is C14H13ClFN3O. The van der Waals surface area contributed by atoms with Crippen LogP contribution in [-0.4, -0.2) is 13.0 Å². The van der Waals surface area contributed by atoms with E-state index >= 15 is 0 Å². The molecule has 2 aromatic rings. The second-order valence-electron chi connectivity index (χ2n) is 4.13. The molecule has 0 unspecified atom stereocenters. The molecule has 0 aliphatic heterocycles. The average Bonchev–Trinajstić information content (AvgIpc) is 2.41. The number of amides is 1. The summed E-state index contributed by atoms with van der Waals surface area (Å²) in [7, 11) is 1.52. The van der Waals surface area contributed by atoms with Gasteiger partial charge in [-0.25, -0.2) is 4.39 Å². The van der Waals surface area contributed by atoms with E-state index in [0.29, 0.717) is 22.0 Å². The fourth-order valence-corrected chi connectivity index (χ4v) is 1.89. The van der Waals surface area contributed by atoms with Crippen molar-refractivity contribution >= 4 is 34.6 Å². The third kappa shape index (κ3) is 3.00. The van der Waals surface area contributed by atoms with Gasteiger partial charge in [-0.05, 0) is 36.4 Å². The van der Waals surface area contributed by atoms with Gasteiger partial charge in [0.15, 0.2) is 0 Å². The Hall–Kier alpha value is -2.27. The van der Waals surface area contributed by atoms with Crippen molar-refractivity contribution in [3.63, 3.8) is 0 Å². The monoisotopic (exact) mass is 293 g/mol. The quantitative estimate of drug-likeness (QED) is 0.762. The molecule has 4 nitrogen and oxygen atoms in total. The van der Waals surface area contributed by atoms with Crippen molar-refractivity contribution in [3.8, 4) is 0 Å². The van der Waals surface area contributed by atoms with Gasteiger partial charge in [0.2, 0.25) is 0 Å². The zero-order chi connectivity index (χ0) is 14.7. The topological polar surface area (TPSA) is 67.2 Å². The number of nitrogens with one attached hydrogen (secondary N) is 2. The summed E-state index contributed by atoms with van der Waals surface area (Å²) >= 11 is 5.70. The minimum absolute atomic E-state index is 0.213. The lowest BCUT2D eigenvalue weighted by Crippen LogP contribution is -2.19. The van der Waals surface area contributed by atoms with Gasteiger partial charge in [0.25, 0.3) is 5.91 Å². The maximum absolute atomic E-state index is 13.8. The molecule has 2 aromatic carbocycles. The van der Waals surface area contributed by atoms with Crippen molar-refractivity contribution in [3.05, 3.63) is 52.8 Å². The van der Waals surface area contributed by atoms with E-state index in [2.05, 4.69) is 10.6 Å². The highest BCUT2D eigenvalue weighted by molar-refractivity contribution is 6.30. The van der Waals surface area contributed by atoms with Gasteiger partial charge in [-0.2, -0.15) is 0 Å². The van der Waals surface area contributed by atoms with Crippen molar-refractivity contribution in [2.75, 3.05) is 18.1 Å². The Labute approximate surface area is 120 Å². The number of benzene rings is 2. The molecule has 104 valence electrons. The summed E-state index contributed by atoms with van der Waals surface area (Å²) < 4.78 is 13.8. The number of nitrogen functional groups attached to an aromatic ring is 1. The minimum atomic E-state index is -0.511. The molecule has 0 saturated heterocycles. The summed E-state index contributed by atoms with van der Waals surface area (Å²) in [4.78, 5) is 11.8. The van der Waals surface area contributed by atoms with Crippen LogP contribution in [0.15, 0.2) is 36.4 Å². The number of carbonyl (C=O) groups is 1. The summed E-state index contributed by atoms with van der Waals surface area (Å²) in [6, 6.07) is 8.99. The molecule has 0 atom stereocenters. The Morgan fingerprint density at radius 3 is 2.60 bits per heavy atom. The summed E-state index contributed by atoms with van der Waals surface area (Å²) in [6.07, 6.45) is 0. The van der Waals surface area contributed by atoms with E-state index in [-0.39, 0.29) is 11.6 Å². The van der Waals surface area contributed by atoms with Gasteiger partial charge in [0.05, 0.1) is 16.9 Å². The molecule has 0 heterocycles. The molecule has 0 spiro atoms. The molecule has 0 aliphatic rings. The van der Waals surface area contributed by atoms with Gasteiger partial charge in [-0.3, -0.25) is 4.79 Å². The summed E-state index contributed by atoms with van der Waals surface area (Å²) in [5.41, 5.74) is 7.17. The van der Waals surface area contributed by atoms with Crippen molar-refractivity contribution in [2.24, 2.45) is 0 Å². The highest BCUT2D eigenvalue weighted by atomic mass is 35.5. The highest BCUT2D eigenvalue weighted by Crippen LogP contribution is 2.26. The SMILES string of the molecule is CNC(=O)c1ccc(N)cc1Nc1ccc(Cl)cc1F. The molecule has 0 aromatic heterocycles. The summed E-state index contributed by atoms with van der Waals surface area (Å²) in [5.74, 6) is -0.801. The molecule has 6 heteroatoms. The zero-order valence-corrected chi connectivity index (χ0v) is 11.5. The molecule has 20 heavy (non-hydrogen) atoms. The number of halogens is 2. The fraction of sp³-hybridized carbons (Fsp3) is 0.0714. The molecule has 2 rings (SSSR count). The minimum Gasteiger partial charge on any atom is -0.399 e.